The van der Waals surface area contributed by atoms with Crippen molar-refractivity contribution in [1.29, 1.82) is 0 Å². The number of hydrogen-bond acceptors (Lipinski definition) is 4. The molecule has 3 aromatic carbocycles. The summed E-state index contributed by atoms with van der Waals surface area (Å²) < 4.78 is 12.5. The minimum absolute atomic E-state index is 0.170. The van der Waals surface area contributed by atoms with Crippen LogP contribution in [0.4, 0.5) is 0 Å². The number of rotatable bonds is 7. The van der Waals surface area contributed by atoms with Crippen LogP contribution in [0.2, 0.25) is 0 Å². The summed E-state index contributed by atoms with van der Waals surface area (Å²) in [6.45, 7) is 0. The smallest absolute Gasteiger partial charge is 0.253 e. The van der Waals surface area contributed by atoms with Crippen molar-refractivity contribution in [1.82, 2.24) is 10.3 Å². The Balaban J connectivity index is 1.61. The van der Waals surface area contributed by atoms with E-state index in [-0.39, 0.29) is 12.2 Å². The van der Waals surface area contributed by atoms with Crippen molar-refractivity contribution >= 4 is 44.4 Å². The van der Waals surface area contributed by atoms with Gasteiger partial charge in [0.15, 0.2) is 0 Å². The molecule has 4 aromatic rings. The molecule has 0 aliphatic heterocycles. The molecule has 7 heteroatoms. The lowest BCUT2D eigenvalue weighted by Crippen LogP contribution is -2.45. The quantitative estimate of drug-likeness (QED) is 0.439. The Bertz CT molecular complexity index is 1240. The van der Waals surface area contributed by atoms with Gasteiger partial charge in [-0.1, -0.05) is 54.6 Å². The highest BCUT2D eigenvalue weighted by atomic mass is 32.2. The van der Waals surface area contributed by atoms with E-state index in [0.717, 1.165) is 0 Å². The van der Waals surface area contributed by atoms with E-state index < -0.39 is 28.7 Å². The maximum atomic E-state index is 13.3. The van der Waals surface area contributed by atoms with Crippen molar-refractivity contribution in [2.24, 2.45) is 5.73 Å². The van der Waals surface area contributed by atoms with Crippen LogP contribution in [-0.4, -0.2) is 32.8 Å². The summed E-state index contributed by atoms with van der Waals surface area (Å²) in [4.78, 5) is 30.6. The average molecular weight is 432 g/mol. The molecule has 0 radical (unpaired) electrons. The van der Waals surface area contributed by atoms with E-state index in [1.54, 1.807) is 24.3 Å². The molecule has 31 heavy (non-hydrogen) atoms. The highest BCUT2D eigenvalue weighted by Gasteiger charge is 2.23. The van der Waals surface area contributed by atoms with Gasteiger partial charge in [-0.05, 0) is 30.7 Å². The maximum absolute atomic E-state index is 13.3. The highest BCUT2D eigenvalue weighted by Crippen LogP contribution is 2.26. The fourth-order valence-electron chi connectivity index (χ4n) is 3.52. The van der Waals surface area contributed by atoms with E-state index >= 15 is 0 Å². The second kappa shape index (κ2) is 9.06. The van der Waals surface area contributed by atoms with Gasteiger partial charge < -0.3 is 11.1 Å². The van der Waals surface area contributed by atoms with Crippen LogP contribution in [-0.2, 0) is 15.6 Å². The monoisotopic (exact) mass is 431 g/mol. The topological polar surface area (TPSA) is 102 Å². The fourth-order valence-corrected chi connectivity index (χ4v) is 4.66. The first-order valence-corrected chi connectivity index (χ1v) is 11.2. The number of nitrogens with zero attached hydrogens (tertiary/aromatic N) is 1. The van der Waals surface area contributed by atoms with Gasteiger partial charge in [-0.25, -0.2) is 4.98 Å². The standard InChI is InChI=1S/C24H21N3O3S/c25-23(28)21(14-15-31(30)16-8-2-1-3-9-16)27-24(29)22-17-10-4-6-12-19(17)26-20-13-7-5-11-18(20)22/h1-13,21H,14-15H2,(H2,25,28)(H,27,29)/t21-,31-/m1/s1. The molecule has 156 valence electrons. The van der Waals surface area contributed by atoms with Gasteiger partial charge in [0.2, 0.25) is 5.91 Å². The molecule has 0 spiro atoms. The van der Waals surface area contributed by atoms with Crippen molar-refractivity contribution in [3.63, 3.8) is 0 Å². The van der Waals surface area contributed by atoms with Crippen LogP contribution in [0.1, 0.15) is 16.8 Å². The van der Waals surface area contributed by atoms with Crippen molar-refractivity contribution in [3.8, 4) is 0 Å². The normalized spacial score (nSPS) is 13.0. The molecule has 2 amide bonds. The van der Waals surface area contributed by atoms with E-state index in [4.69, 9.17) is 5.73 Å². The number of amides is 2. The van der Waals surface area contributed by atoms with Crippen LogP contribution in [0.5, 0.6) is 0 Å². The number of pyridine rings is 1. The predicted molar refractivity (Wildman–Crippen MR) is 122 cm³/mol. The van der Waals surface area contributed by atoms with Crippen molar-refractivity contribution < 1.29 is 13.8 Å². The van der Waals surface area contributed by atoms with Crippen molar-refractivity contribution in [2.75, 3.05) is 5.75 Å². The molecule has 1 heterocycles. The second-order valence-electron chi connectivity index (χ2n) is 7.10. The Morgan fingerprint density at radius 2 is 1.42 bits per heavy atom. The van der Waals surface area contributed by atoms with Crippen LogP contribution in [0.25, 0.3) is 21.8 Å². The summed E-state index contributed by atoms with van der Waals surface area (Å²) in [5.74, 6) is -0.874. The molecule has 0 saturated heterocycles. The van der Waals surface area contributed by atoms with E-state index in [1.807, 2.05) is 54.6 Å². The SMILES string of the molecule is NC(=O)[C@@H](CC[S@@](=O)c1ccccc1)NC(=O)c1c2ccccc2nc2ccccc12. The Morgan fingerprint density at radius 3 is 2.00 bits per heavy atom. The zero-order chi connectivity index (χ0) is 21.8. The number of carbonyl (C=O) groups excluding carboxylic acids is 2. The lowest BCUT2D eigenvalue weighted by atomic mass is 10.0. The second-order valence-corrected chi connectivity index (χ2v) is 8.67. The summed E-state index contributed by atoms with van der Waals surface area (Å²) in [6.07, 6.45) is 0.170. The lowest BCUT2D eigenvalue weighted by molar-refractivity contribution is -0.119. The zero-order valence-electron chi connectivity index (χ0n) is 16.7. The first-order chi connectivity index (χ1) is 15.0. The molecule has 1 aromatic heterocycles. The molecule has 0 saturated carbocycles. The van der Waals surface area contributed by atoms with Crippen LogP contribution in [0, 0.1) is 0 Å². The first-order valence-electron chi connectivity index (χ1n) is 9.85. The van der Waals surface area contributed by atoms with Gasteiger partial charge in [0.1, 0.15) is 6.04 Å². The van der Waals surface area contributed by atoms with Gasteiger partial charge in [0.05, 0.1) is 27.4 Å². The minimum atomic E-state index is -1.29. The molecular formula is C24H21N3O3S. The van der Waals surface area contributed by atoms with E-state index in [0.29, 0.717) is 32.3 Å². The van der Waals surface area contributed by atoms with Gasteiger partial charge in [0, 0.05) is 21.4 Å². The molecule has 0 fully saturated rings. The fraction of sp³-hybridized carbons (Fsp3) is 0.125. The summed E-state index contributed by atoms with van der Waals surface area (Å²) >= 11 is 0. The van der Waals surface area contributed by atoms with Gasteiger partial charge >= 0.3 is 0 Å². The van der Waals surface area contributed by atoms with Crippen molar-refractivity contribution in [3.05, 3.63) is 84.4 Å². The Labute approximate surface area is 181 Å². The number of nitrogens with one attached hydrogen (secondary N) is 1. The Hall–Kier alpha value is -3.58. The first kappa shape index (κ1) is 20.7. The maximum Gasteiger partial charge on any atom is 0.253 e. The number of carbonyl (C=O) groups is 2. The number of para-hydroxylation sites is 2. The average Bonchev–Trinajstić information content (AvgIpc) is 2.80. The molecule has 0 aliphatic carbocycles. The predicted octanol–water partition coefficient (Wildman–Crippen LogP) is 3.17. The molecular weight excluding hydrogens is 410 g/mol. The molecule has 0 bridgehead atoms. The number of benzene rings is 3. The number of nitrogens with two attached hydrogens (primary N) is 1. The molecule has 6 nitrogen and oxygen atoms in total. The van der Waals surface area contributed by atoms with Crippen molar-refractivity contribution in [2.45, 2.75) is 17.4 Å². The molecule has 4 rings (SSSR count). The number of aromatic nitrogens is 1. The largest absolute Gasteiger partial charge is 0.368 e. The van der Waals surface area contributed by atoms with Crippen LogP contribution in [0.15, 0.2) is 83.8 Å². The third-order valence-corrected chi connectivity index (χ3v) is 6.47. The summed E-state index contributed by atoms with van der Waals surface area (Å²) in [5, 5.41) is 4.13. The summed E-state index contributed by atoms with van der Waals surface area (Å²) in [6, 6.07) is 22.8. The van der Waals surface area contributed by atoms with Crippen LogP contribution >= 0.6 is 0 Å². The van der Waals surface area contributed by atoms with E-state index in [2.05, 4.69) is 10.3 Å². The molecule has 3 N–H and O–H groups in total. The number of primary amides is 1. The number of fused-ring (bicyclic) bond motifs is 2. The molecule has 2 atom stereocenters. The minimum Gasteiger partial charge on any atom is -0.368 e. The molecule has 0 aliphatic rings. The Morgan fingerprint density at radius 1 is 0.871 bits per heavy atom. The van der Waals surface area contributed by atoms with Gasteiger partial charge in [-0.15, -0.1) is 0 Å². The van der Waals surface area contributed by atoms with Gasteiger partial charge in [0.25, 0.3) is 5.91 Å². The molecule has 0 unspecified atom stereocenters. The number of hydrogen-bond donors (Lipinski definition) is 2. The van der Waals surface area contributed by atoms with Crippen LogP contribution < -0.4 is 11.1 Å². The summed E-state index contributed by atoms with van der Waals surface area (Å²) in [5.41, 5.74) is 7.36. The van der Waals surface area contributed by atoms with E-state index in [1.165, 1.54) is 0 Å². The van der Waals surface area contributed by atoms with Gasteiger partial charge in [-0.2, -0.15) is 0 Å². The third-order valence-electron chi connectivity index (χ3n) is 5.06. The van der Waals surface area contributed by atoms with E-state index in [9.17, 15) is 13.8 Å². The summed E-state index contributed by atoms with van der Waals surface area (Å²) in [7, 11) is -1.29. The van der Waals surface area contributed by atoms with Gasteiger partial charge in [-0.3, -0.25) is 13.8 Å². The highest BCUT2D eigenvalue weighted by molar-refractivity contribution is 7.85. The van der Waals surface area contributed by atoms with Crippen LogP contribution in [0.3, 0.4) is 0 Å². The zero-order valence-corrected chi connectivity index (χ0v) is 17.5. The lowest BCUT2D eigenvalue weighted by Gasteiger charge is -2.17. The Kier molecular flexibility index (Phi) is 6.04. The third kappa shape index (κ3) is 4.46.